The molecule has 5 nitrogen and oxygen atoms in total. The summed E-state index contributed by atoms with van der Waals surface area (Å²) >= 11 is 0. The van der Waals surface area contributed by atoms with E-state index in [1.165, 1.54) is 11.6 Å². The largest absolute Gasteiger partial charge is 0.416 e. The van der Waals surface area contributed by atoms with Crippen LogP contribution >= 0.6 is 0 Å². The Kier molecular flexibility index (Phi) is 5.36. The Hall–Kier alpha value is -2.74. The molecule has 1 amide bonds. The summed E-state index contributed by atoms with van der Waals surface area (Å²) in [4.78, 5) is 16.6. The summed E-state index contributed by atoms with van der Waals surface area (Å²) in [6.07, 6.45) is -3.62. The standard InChI is InChI=1S/C21H22F3N3O2/c22-21(23,24)16-5-6-19(26-9-11-29-12-10-26)17(13-16)25-20(28)14-27-8-7-15-3-1-2-4-18(15)27/h1-6,13H,7-12,14H2,(H,25,28). The summed E-state index contributed by atoms with van der Waals surface area (Å²) in [7, 11) is 0. The van der Waals surface area contributed by atoms with E-state index in [1.54, 1.807) is 0 Å². The number of nitrogens with zero attached hydrogens (tertiary/aromatic N) is 2. The van der Waals surface area contributed by atoms with Gasteiger partial charge in [-0.25, -0.2) is 0 Å². The number of para-hydroxylation sites is 1. The number of hydrogen-bond acceptors (Lipinski definition) is 4. The van der Waals surface area contributed by atoms with Gasteiger partial charge in [0.05, 0.1) is 36.7 Å². The number of amides is 1. The van der Waals surface area contributed by atoms with Crippen LogP contribution in [0.15, 0.2) is 42.5 Å². The molecule has 2 aromatic rings. The van der Waals surface area contributed by atoms with E-state index in [1.807, 2.05) is 34.1 Å². The van der Waals surface area contributed by atoms with E-state index in [4.69, 9.17) is 4.74 Å². The van der Waals surface area contributed by atoms with Gasteiger partial charge in [0.15, 0.2) is 0 Å². The minimum absolute atomic E-state index is 0.0931. The second kappa shape index (κ2) is 7.94. The maximum absolute atomic E-state index is 13.2. The molecular weight excluding hydrogens is 383 g/mol. The molecule has 1 saturated heterocycles. The van der Waals surface area contributed by atoms with Crippen molar-refractivity contribution >= 4 is 23.0 Å². The lowest BCUT2D eigenvalue weighted by molar-refractivity contribution is -0.137. The lowest BCUT2D eigenvalue weighted by Gasteiger charge is -2.31. The molecule has 0 aromatic heterocycles. The molecule has 0 bridgehead atoms. The van der Waals surface area contributed by atoms with Gasteiger partial charge in [0.1, 0.15) is 0 Å². The maximum Gasteiger partial charge on any atom is 0.416 e. The minimum atomic E-state index is -4.48. The van der Waals surface area contributed by atoms with Crippen molar-refractivity contribution in [2.75, 3.05) is 54.5 Å². The molecule has 2 aliphatic heterocycles. The number of anilines is 3. The SMILES string of the molecule is O=C(CN1CCc2ccccc21)Nc1cc(C(F)(F)F)ccc1N1CCOCC1. The zero-order valence-corrected chi connectivity index (χ0v) is 15.8. The molecule has 0 saturated carbocycles. The van der Waals surface area contributed by atoms with E-state index in [-0.39, 0.29) is 18.1 Å². The summed E-state index contributed by atoms with van der Waals surface area (Å²) in [5.74, 6) is -0.337. The Labute approximate surface area is 167 Å². The second-order valence-electron chi connectivity index (χ2n) is 7.18. The van der Waals surface area contributed by atoms with Crippen LogP contribution in [-0.4, -0.2) is 45.3 Å². The average Bonchev–Trinajstić information content (AvgIpc) is 3.11. The molecule has 1 fully saturated rings. The zero-order valence-electron chi connectivity index (χ0n) is 15.8. The fraction of sp³-hybridized carbons (Fsp3) is 0.381. The molecule has 0 aliphatic carbocycles. The number of halogens is 3. The van der Waals surface area contributed by atoms with Gasteiger partial charge in [-0.15, -0.1) is 0 Å². The Bertz CT molecular complexity index is 895. The smallest absolute Gasteiger partial charge is 0.378 e. The molecule has 0 radical (unpaired) electrons. The third-order valence-corrected chi connectivity index (χ3v) is 5.27. The molecule has 154 valence electrons. The molecule has 8 heteroatoms. The lowest BCUT2D eigenvalue weighted by atomic mass is 10.1. The first-order chi connectivity index (χ1) is 13.9. The van der Waals surface area contributed by atoms with Crippen molar-refractivity contribution in [1.29, 1.82) is 0 Å². The molecule has 0 atom stereocenters. The summed E-state index contributed by atoms with van der Waals surface area (Å²) in [5.41, 5.74) is 2.15. The molecule has 1 N–H and O–H groups in total. The summed E-state index contributed by atoms with van der Waals surface area (Å²) < 4.78 is 45.0. The van der Waals surface area contributed by atoms with Gasteiger partial charge in [0.2, 0.25) is 5.91 Å². The van der Waals surface area contributed by atoms with E-state index in [9.17, 15) is 18.0 Å². The average molecular weight is 405 g/mol. The third kappa shape index (κ3) is 4.32. The first-order valence-corrected chi connectivity index (χ1v) is 9.58. The monoisotopic (exact) mass is 405 g/mol. The Morgan fingerprint density at radius 3 is 2.55 bits per heavy atom. The molecule has 29 heavy (non-hydrogen) atoms. The molecule has 0 unspecified atom stereocenters. The van der Waals surface area contributed by atoms with Crippen LogP contribution in [-0.2, 0) is 22.1 Å². The third-order valence-electron chi connectivity index (χ3n) is 5.27. The van der Waals surface area contributed by atoms with Gasteiger partial charge in [-0.2, -0.15) is 13.2 Å². The van der Waals surface area contributed by atoms with Crippen LogP contribution in [0.25, 0.3) is 0 Å². The van der Waals surface area contributed by atoms with E-state index >= 15 is 0 Å². The van der Waals surface area contributed by atoms with Crippen molar-refractivity contribution in [3.8, 4) is 0 Å². The van der Waals surface area contributed by atoms with Gasteiger partial charge in [-0.05, 0) is 36.2 Å². The van der Waals surface area contributed by atoms with Gasteiger partial charge < -0.3 is 19.9 Å². The summed E-state index contributed by atoms with van der Waals surface area (Å²) in [6, 6.07) is 11.3. The van der Waals surface area contributed by atoms with Crippen molar-refractivity contribution < 1.29 is 22.7 Å². The maximum atomic E-state index is 13.2. The number of morpholine rings is 1. The van der Waals surface area contributed by atoms with Crippen LogP contribution in [0.3, 0.4) is 0 Å². The molecular formula is C21H22F3N3O2. The predicted octanol–water partition coefficient (Wildman–Crippen LogP) is 3.54. The lowest BCUT2D eigenvalue weighted by Crippen LogP contribution is -2.37. The van der Waals surface area contributed by atoms with E-state index in [0.29, 0.717) is 38.5 Å². The fourth-order valence-electron chi connectivity index (χ4n) is 3.83. The van der Waals surface area contributed by atoms with Gasteiger partial charge in [0, 0.05) is 25.3 Å². The molecule has 2 aromatic carbocycles. The first kappa shape index (κ1) is 19.6. The highest BCUT2D eigenvalue weighted by molar-refractivity contribution is 5.97. The van der Waals surface area contributed by atoms with Crippen LogP contribution < -0.4 is 15.1 Å². The van der Waals surface area contributed by atoms with Crippen molar-refractivity contribution in [1.82, 2.24) is 0 Å². The highest BCUT2D eigenvalue weighted by atomic mass is 19.4. The number of hydrogen-bond donors (Lipinski definition) is 1. The Morgan fingerprint density at radius 1 is 1.03 bits per heavy atom. The van der Waals surface area contributed by atoms with Crippen LogP contribution in [0.1, 0.15) is 11.1 Å². The summed E-state index contributed by atoms with van der Waals surface area (Å²) in [5, 5.41) is 2.71. The predicted molar refractivity (Wildman–Crippen MR) is 105 cm³/mol. The first-order valence-electron chi connectivity index (χ1n) is 9.58. The molecule has 0 spiro atoms. The van der Waals surface area contributed by atoms with E-state index in [0.717, 1.165) is 24.2 Å². The molecule has 2 aliphatic rings. The normalized spacial score (nSPS) is 16.7. The zero-order chi connectivity index (χ0) is 20.4. The number of alkyl halides is 3. The van der Waals surface area contributed by atoms with Gasteiger partial charge >= 0.3 is 6.18 Å². The quantitative estimate of drug-likeness (QED) is 0.845. The number of nitrogens with one attached hydrogen (secondary N) is 1. The van der Waals surface area contributed by atoms with Gasteiger partial charge in [-0.1, -0.05) is 18.2 Å². The van der Waals surface area contributed by atoms with Crippen molar-refractivity contribution in [3.63, 3.8) is 0 Å². The highest BCUT2D eigenvalue weighted by Gasteiger charge is 2.32. The van der Waals surface area contributed by atoms with E-state index < -0.39 is 11.7 Å². The number of benzene rings is 2. The number of carbonyl (C=O) groups is 1. The van der Waals surface area contributed by atoms with Crippen LogP contribution in [0, 0.1) is 0 Å². The van der Waals surface area contributed by atoms with E-state index in [2.05, 4.69) is 5.32 Å². The Morgan fingerprint density at radius 2 is 1.79 bits per heavy atom. The van der Waals surface area contributed by atoms with Crippen molar-refractivity contribution in [2.45, 2.75) is 12.6 Å². The molecule has 2 heterocycles. The van der Waals surface area contributed by atoms with Crippen LogP contribution in [0.2, 0.25) is 0 Å². The second-order valence-corrected chi connectivity index (χ2v) is 7.18. The fourth-order valence-corrected chi connectivity index (χ4v) is 3.83. The Balaban J connectivity index is 1.55. The number of carbonyl (C=O) groups excluding carboxylic acids is 1. The van der Waals surface area contributed by atoms with Crippen molar-refractivity contribution in [3.05, 3.63) is 53.6 Å². The number of fused-ring (bicyclic) bond motifs is 1. The van der Waals surface area contributed by atoms with Gasteiger partial charge in [-0.3, -0.25) is 4.79 Å². The minimum Gasteiger partial charge on any atom is -0.378 e. The summed E-state index contributed by atoms with van der Waals surface area (Å²) in [6.45, 7) is 2.93. The number of ether oxygens (including phenoxy) is 1. The molecule has 4 rings (SSSR count). The van der Waals surface area contributed by atoms with Crippen molar-refractivity contribution in [2.24, 2.45) is 0 Å². The highest BCUT2D eigenvalue weighted by Crippen LogP contribution is 2.36. The van der Waals surface area contributed by atoms with Gasteiger partial charge in [0.25, 0.3) is 0 Å². The number of rotatable bonds is 4. The van der Waals surface area contributed by atoms with Crippen LogP contribution in [0.4, 0.5) is 30.2 Å². The topological polar surface area (TPSA) is 44.8 Å². The van der Waals surface area contributed by atoms with Crippen LogP contribution in [0.5, 0.6) is 0 Å².